The third-order valence-corrected chi connectivity index (χ3v) is 7.40. The summed E-state index contributed by atoms with van der Waals surface area (Å²) >= 11 is 0. The molecule has 1 saturated carbocycles. The predicted octanol–water partition coefficient (Wildman–Crippen LogP) is 1.95. The minimum absolute atomic E-state index is 0.0433. The molecule has 0 radical (unpaired) electrons. The van der Waals surface area contributed by atoms with Gasteiger partial charge < -0.3 is 15.1 Å². The summed E-state index contributed by atoms with van der Waals surface area (Å²) < 4.78 is 0. The number of carbonyl (C=O) groups is 2. The van der Waals surface area contributed by atoms with Crippen molar-refractivity contribution < 1.29 is 9.59 Å². The topological polar surface area (TPSA) is 55.9 Å². The molecule has 6 nitrogen and oxygen atoms in total. The lowest BCUT2D eigenvalue weighted by atomic mass is 9.59. The fourth-order valence-corrected chi connectivity index (χ4v) is 4.98. The first-order valence-electron chi connectivity index (χ1n) is 11.4. The van der Waals surface area contributed by atoms with Crippen LogP contribution in [0.4, 0.5) is 0 Å². The lowest BCUT2D eigenvalue weighted by molar-refractivity contribution is -0.138. The molecule has 3 rings (SSSR count). The van der Waals surface area contributed by atoms with Gasteiger partial charge in [-0.3, -0.25) is 14.5 Å². The smallest absolute Gasteiger partial charge is 0.223 e. The second-order valence-electron chi connectivity index (χ2n) is 9.72. The van der Waals surface area contributed by atoms with Gasteiger partial charge in [0.2, 0.25) is 11.8 Å². The van der Waals surface area contributed by atoms with Gasteiger partial charge in [-0.1, -0.05) is 13.8 Å². The van der Waals surface area contributed by atoms with Gasteiger partial charge in [-0.2, -0.15) is 0 Å². The summed E-state index contributed by atoms with van der Waals surface area (Å²) in [6.45, 7) is 15.4. The highest BCUT2D eigenvalue weighted by Gasteiger charge is 2.49. The van der Waals surface area contributed by atoms with Crippen molar-refractivity contribution >= 4 is 11.8 Å². The molecule has 6 heteroatoms. The third kappa shape index (κ3) is 4.88. The molecule has 3 aliphatic rings. The first-order chi connectivity index (χ1) is 13.3. The van der Waals surface area contributed by atoms with Crippen LogP contribution in [0.25, 0.3) is 0 Å². The van der Waals surface area contributed by atoms with Gasteiger partial charge in [-0.15, -0.1) is 0 Å². The van der Waals surface area contributed by atoms with E-state index < -0.39 is 0 Å². The average molecular weight is 393 g/mol. The van der Waals surface area contributed by atoms with Gasteiger partial charge in [0.05, 0.1) is 0 Å². The van der Waals surface area contributed by atoms with Crippen molar-refractivity contribution in [2.75, 3.05) is 45.8 Å². The number of hydrogen-bond donors (Lipinski definition) is 1. The van der Waals surface area contributed by atoms with E-state index in [9.17, 15) is 9.59 Å². The van der Waals surface area contributed by atoms with Gasteiger partial charge in [0, 0.05) is 70.2 Å². The molecule has 2 amide bonds. The van der Waals surface area contributed by atoms with E-state index in [4.69, 9.17) is 0 Å². The number of piperazine rings is 1. The van der Waals surface area contributed by atoms with E-state index in [-0.39, 0.29) is 17.2 Å². The molecule has 160 valence electrons. The SMILES string of the molecule is CC(C)C(=O)NC1CCC12CCN(C(=O)CCN1CCN(C(C)C)CC1)CC2. The molecule has 0 bridgehead atoms. The number of rotatable bonds is 6. The van der Waals surface area contributed by atoms with Crippen molar-refractivity contribution in [3.63, 3.8) is 0 Å². The van der Waals surface area contributed by atoms with Gasteiger partial charge in [0.25, 0.3) is 0 Å². The highest BCUT2D eigenvalue weighted by molar-refractivity contribution is 5.78. The summed E-state index contributed by atoms with van der Waals surface area (Å²) in [7, 11) is 0. The minimum atomic E-state index is 0.0433. The minimum Gasteiger partial charge on any atom is -0.353 e. The van der Waals surface area contributed by atoms with E-state index in [1.54, 1.807) is 0 Å². The highest BCUT2D eigenvalue weighted by Crippen LogP contribution is 2.49. The number of hydrogen-bond acceptors (Lipinski definition) is 4. The van der Waals surface area contributed by atoms with Crippen LogP contribution in [0.15, 0.2) is 0 Å². The molecule has 0 aromatic rings. The highest BCUT2D eigenvalue weighted by atomic mass is 16.2. The normalized spacial score (nSPS) is 25.9. The Hall–Kier alpha value is -1.14. The lowest BCUT2D eigenvalue weighted by Gasteiger charge is -2.54. The lowest BCUT2D eigenvalue weighted by Crippen LogP contribution is -2.60. The number of piperidine rings is 1. The van der Waals surface area contributed by atoms with Crippen LogP contribution in [0.5, 0.6) is 0 Å². The Balaban J connectivity index is 1.38. The maximum absolute atomic E-state index is 12.7. The van der Waals surface area contributed by atoms with Crippen LogP contribution in [0, 0.1) is 11.3 Å². The van der Waals surface area contributed by atoms with E-state index in [1.165, 1.54) is 6.42 Å². The zero-order chi connectivity index (χ0) is 20.3. The number of carbonyl (C=O) groups excluding carboxylic acids is 2. The molecular weight excluding hydrogens is 352 g/mol. The fourth-order valence-electron chi connectivity index (χ4n) is 4.98. The standard InChI is InChI=1S/C22H40N4O2/c1-17(2)21(28)23-19-5-7-22(19)8-11-26(12-9-22)20(27)6-10-24-13-15-25(16-14-24)18(3)4/h17-19H,5-16H2,1-4H3,(H,23,28). The zero-order valence-electron chi connectivity index (χ0n) is 18.4. The molecule has 1 unspecified atom stereocenters. The van der Waals surface area contributed by atoms with Crippen LogP contribution in [0.2, 0.25) is 0 Å². The zero-order valence-corrected chi connectivity index (χ0v) is 18.4. The molecule has 28 heavy (non-hydrogen) atoms. The van der Waals surface area contributed by atoms with Crippen LogP contribution in [-0.4, -0.2) is 84.4 Å². The van der Waals surface area contributed by atoms with Gasteiger partial charge in [-0.25, -0.2) is 0 Å². The summed E-state index contributed by atoms with van der Waals surface area (Å²) in [4.78, 5) is 31.8. The number of amides is 2. The summed E-state index contributed by atoms with van der Waals surface area (Å²) in [5.74, 6) is 0.519. The van der Waals surface area contributed by atoms with Crippen molar-refractivity contribution in [3.05, 3.63) is 0 Å². The van der Waals surface area contributed by atoms with Crippen molar-refractivity contribution in [3.8, 4) is 0 Å². The van der Waals surface area contributed by atoms with Crippen LogP contribution in [0.3, 0.4) is 0 Å². The molecule has 1 atom stereocenters. The van der Waals surface area contributed by atoms with Gasteiger partial charge in [0.1, 0.15) is 0 Å². The van der Waals surface area contributed by atoms with E-state index >= 15 is 0 Å². The van der Waals surface area contributed by atoms with Crippen LogP contribution in [-0.2, 0) is 9.59 Å². The Bertz CT molecular complexity index is 547. The summed E-state index contributed by atoms with van der Waals surface area (Å²) in [5, 5.41) is 3.25. The molecule has 1 spiro atoms. The molecule has 0 aromatic heterocycles. The molecule has 2 aliphatic heterocycles. The molecule has 1 N–H and O–H groups in total. The Labute approximate surface area is 171 Å². The second kappa shape index (κ2) is 9.12. The molecule has 2 heterocycles. The first kappa shape index (κ1) is 21.6. The maximum atomic E-state index is 12.7. The van der Waals surface area contributed by atoms with Crippen molar-refractivity contribution in [2.45, 2.75) is 71.9 Å². The van der Waals surface area contributed by atoms with Crippen molar-refractivity contribution in [1.29, 1.82) is 0 Å². The summed E-state index contributed by atoms with van der Waals surface area (Å²) in [6.07, 6.45) is 5.00. The number of nitrogens with zero attached hydrogens (tertiary/aromatic N) is 3. The summed E-state index contributed by atoms with van der Waals surface area (Å²) in [6, 6.07) is 0.932. The fraction of sp³-hybridized carbons (Fsp3) is 0.909. The number of likely N-dealkylation sites (tertiary alicyclic amines) is 1. The van der Waals surface area contributed by atoms with Gasteiger partial charge in [-0.05, 0) is 44.9 Å². The Morgan fingerprint density at radius 3 is 2.11 bits per heavy atom. The van der Waals surface area contributed by atoms with Crippen molar-refractivity contribution in [2.24, 2.45) is 11.3 Å². The van der Waals surface area contributed by atoms with Gasteiger partial charge in [0.15, 0.2) is 0 Å². The maximum Gasteiger partial charge on any atom is 0.223 e. The molecule has 1 aliphatic carbocycles. The van der Waals surface area contributed by atoms with Crippen molar-refractivity contribution in [1.82, 2.24) is 20.0 Å². The van der Waals surface area contributed by atoms with E-state index in [1.807, 2.05) is 13.8 Å². The molecular formula is C22H40N4O2. The Kier molecular flexibility index (Phi) is 7.02. The van der Waals surface area contributed by atoms with E-state index in [0.29, 0.717) is 24.4 Å². The monoisotopic (exact) mass is 392 g/mol. The Morgan fingerprint density at radius 1 is 0.964 bits per heavy atom. The Morgan fingerprint density at radius 2 is 1.61 bits per heavy atom. The van der Waals surface area contributed by atoms with Crippen LogP contribution < -0.4 is 5.32 Å². The van der Waals surface area contributed by atoms with E-state index in [2.05, 4.69) is 33.9 Å². The molecule has 0 aromatic carbocycles. The second-order valence-corrected chi connectivity index (χ2v) is 9.72. The first-order valence-corrected chi connectivity index (χ1v) is 11.4. The average Bonchev–Trinajstić information content (AvgIpc) is 2.69. The van der Waals surface area contributed by atoms with Crippen LogP contribution >= 0.6 is 0 Å². The molecule has 3 fully saturated rings. The quantitative estimate of drug-likeness (QED) is 0.751. The number of nitrogens with one attached hydrogen (secondary N) is 1. The molecule has 2 saturated heterocycles. The largest absolute Gasteiger partial charge is 0.353 e. The van der Waals surface area contributed by atoms with Gasteiger partial charge >= 0.3 is 0 Å². The predicted molar refractivity (Wildman–Crippen MR) is 112 cm³/mol. The van der Waals surface area contributed by atoms with E-state index in [0.717, 1.165) is 65.1 Å². The third-order valence-electron chi connectivity index (χ3n) is 7.40. The van der Waals surface area contributed by atoms with Crippen LogP contribution in [0.1, 0.15) is 59.8 Å². The summed E-state index contributed by atoms with van der Waals surface area (Å²) in [5.41, 5.74) is 0.245.